The minimum absolute atomic E-state index is 0.801. The second-order valence-corrected chi connectivity index (χ2v) is 12.9. The molecule has 5 rings (SSSR count). The molecule has 0 radical (unpaired) electrons. The number of fused-ring (bicyclic) bond motifs is 2. The molecular weight excluding hydrogens is 563 g/mol. The van der Waals surface area contributed by atoms with Gasteiger partial charge in [-0.15, -0.1) is 0 Å². The van der Waals surface area contributed by atoms with Crippen LogP contribution in [0.25, 0.3) is 10.2 Å². The molecule has 1 aliphatic heterocycles. The molecule has 0 spiro atoms. The van der Waals surface area contributed by atoms with Crippen LogP contribution in [0.15, 0.2) is 148 Å². The van der Waals surface area contributed by atoms with E-state index < -0.39 is 0 Å². The fourth-order valence-corrected chi connectivity index (χ4v) is 8.01. The molecule has 2 heterocycles. The number of thiazole rings is 1. The van der Waals surface area contributed by atoms with Crippen molar-refractivity contribution in [1.29, 1.82) is 0 Å². The maximum Gasteiger partial charge on any atom is 0.238 e. The quantitative estimate of drug-likeness (QED) is 0.159. The van der Waals surface area contributed by atoms with Gasteiger partial charge in [-0.25, -0.2) is 0 Å². The van der Waals surface area contributed by atoms with E-state index in [0.717, 1.165) is 32.2 Å². The smallest absolute Gasteiger partial charge is 0.238 e. The van der Waals surface area contributed by atoms with Gasteiger partial charge in [-0.2, -0.15) is 4.57 Å². The Kier molecular flexibility index (Phi) is 10.4. The first kappa shape index (κ1) is 30.7. The topological polar surface area (TPSA) is 10.4 Å². The van der Waals surface area contributed by atoms with Crippen molar-refractivity contribution in [1.82, 2.24) is 4.90 Å². The highest BCUT2D eigenvalue weighted by Crippen LogP contribution is 2.45. The first-order chi connectivity index (χ1) is 21.0. The number of allylic oxidation sites excluding steroid dienone is 11. The van der Waals surface area contributed by atoms with E-state index >= 15 is 0 Å². The van der Waals surface area contributed by atoms with Gasteiger partial charge in [0.2, 0.25) is 10.5 Å². The van der Waals surface area contributed by atoms with Crippen LogP contribution in [0.4, 0.5) is 5.69 Å². The predicted octanol–water partition coefficient (Wildman–Crippen LogP) is 9.80. The van der Waals surface area contributed by atoms with Crippen LogP contribution in [-0.4, -0.2) is 18.5 Å². The zero-order valence-electron chi connectivity index (χ0n) is 25.8. The largest absolute Gasteiger partial charge is 0.338 e. The first-order valence-electron chi connectivity index (χ1n) is 15.1. The van der Waals surface area contributed by atoms with Crippen molar-refractivity contribution < 1.29 is 4.57 Å². The average Bonchev–Trinajstić information content (AvgIpc) is 3.69. The molecule has 220 valence electrons. The van der Waals surface area contributed by atoms with Gasteiger partial charge in [-0.3, -0.25) is 0 Å². The molecule has 0 unspecified atom stereocenters. The number of hydrogen-bond donors (Lipinski definition) is 0. The lowest BCUT2D eigenvalue weighted by Gasteiger charge is -2.28. The van der Waals surface area contributed by atoms with E-state index in [2.05, 4.69) is 140 Å². The summed E-state index contributed by atoms with van der Waals surface area (Å²) in [6.07, 6.45) is 25.7. The van der Waals surface area contributed by atoms with E-state index in [1.807, 2.05) is 41.3 Å². The Bertz CT molecular complexity index is 1690. The molecular formula is C38H42N3S2+. The van der Waals surface area contributed by atoms with Crippen molar-refractivity contribution in [2.24, 2.45) is 7.05 Å². The molecule has 0 fully saturated rings. The van der Waals surface area contributed by atoms with Crippen LogP contribution in [0.3, 0.4) is 0 Å². The third-order valence-electron chi connectivity index (χ3n) is 8.00. The van der Waals surface area contributed by atoms with Crippen LogP contribution >= 0.6 is 23.1 Å². The number of benzene rings is 2. The SMILES string of the molecule is C=C/C=C\C=C/CN(C1=C(CCc2sc3ccccc3[n+]2C)CC/C1=C\C=C1/Sc2ccccc2N1C)C(/C=C\C)=C/C. The van der Waals surface area contributed by atoms with Crippen molar-refractivity contribution in [2.75, 3.05) is 18.5 Å². The molecule has 3 aromatic rings. The molecule has 5 heteroatoms. The fourth-order valence-electron chi connectivity index (χ4n) is 5.81. The molecule has 3 nitrogen and oxygen atoms in total. The van der Waals surface area contributed by atoms with Crippen LogP contribution in [0.5, 0.6) is 0 Å². The van der Waals surface area contributed by atoms with Crippen molar-refractivity contribution in [3.63, 3.8) is 0 Å². The molecule has 0 amide bonds. The summed E-state index contributed by atoms with van der Waals surface area (Å²) in [7, 11) is 4.38. The third-order valence-corrected chi connectivity index (χ3v) is 10.5. The monoisotopic (exact) mass is 604 g/mol. The van der Waals surface area contributed by atoms with Gasteiger partial charge in [0.15, 0.2) is 0 Å². The molecule has 0 bridgehead atoms. The second-order valence-electron chi connectivity index (χ2n) is 10.7. The second kappa shape index (κ2) is 14.6. The summed E-state index contributed by atoms with van der Waals surface area (Å²) in [5, 5.41) is 2.69. The van der Waals surface area contributed by atoms with Gasteiger partial charge in [0.05, 0.1) is 10.7 Å². The summed E-state index contributed by atoms with van der Waals surface area (Å²) in [5.74, 6) is 0. The van der Waals surface area contributed by atoms with E-state index in [1.54, 1.807) is 0 Å². The fraction of sp³-hybridized carbons (Fsp3) is 0.237. The number of hydrogen-bond acceptors (Lipinski definition) is 4. The van der Waals surface area contributed by atoms with Crippen molar-refractivity contribution >= 4 is 39.0 Å². The van der Waals surface area contributed by atoms with Gasteiger partial charge in [0, 0.05) is 42.4 Å². The van der Waals surface area contributed by atoms with Gasteiger partial charge in [-0.1, -0.05) is 103 Å². The highest BCUT2D eigenvalue weighted by Gasteiger charge is 2.27. The van der Waals surface area contributed by atoms with Gasteiger partial charge < -0.3 is 9.80 Å². The first-order valence-corrected chi connectivity index (χ1v) is 16.7. The maximum atomic E-state index is 3.80. The van der Waals surface area contributed by atoms with Crippen LogP contribution < -0.4 is 9.47 Å². The molecule has 1 aromatic heterocycles. The standard InChI is InChI=1S/C38H42N3S2/c1-6-9-10-11-16-28-41(31(8-3)17-7-2)38-29(24-26-36-39(4)32-18-12-14-20-34(32)42-36)22-23-30(38)25-27-37-40(5)33-19-13-15-21-35(33)43-37/h6-21,24,26H,1,22-23,25,27-28H2,2-5H3/q+1/b10-9-,16-11-,17-7-,29-24+,31-8+,36-26-. The zero-order chi connectivity index (χ0) is 30.2. The summed E-state index contributed by atoms with van der Waals surface area (Å²) >= 11 is 3.78. The normalized spacial score (nSPS) is 17.7. The number of rotatable bonds is 11. The lowest BCUT2D eigenvalue weighted by molar-refractivity contribution is -0.648. The van der Waals surface area contributed by atoms with Crippen molar-refractivity contribution in [2.45, 2.75) is 44.4 Å². The third kappa shape index (κ3) is 6.90. The molecule has 0 saturated heterocycles. The Morgan fingerprint density at radius 2 is 1.81 bits per heavy atom. The van der Waals surface area contributed by atoms with E-state index in [-0.39, 0.29) is 0 Å². The molecule has 2 aliphatic rings. The molecule has 43 heavy (non-hydrogen) atoms. The lowest BCUT2D eigenvalue weighted by Crippen LogP contribution is -2.30. The van der Waals surface area contributed by atoms with E-state index in [9.17, 15) is 0 Å². The van der Waals surface area contributed by atoms with Crippen LogP contribution in [0.2, 0.25) is 0 Å². The summed E-state index contributed by atoms with van der Waals surface area (Å²) in [5.41, 5.74) is 8.15. The molecule has 2 aromatic carbocycles. The van der Waals surface area contributed by atoms with Crippen LogP contribution in [0, 0.1) is 0 Å². The van der Waals surface area contributed by atoms with Gasteiger partial charge in [0.25, 0.3) is 0 Å². The summed E-state index contributed by atoms with van der Waals surface area (Å²) < 4.78 is 3.74. The Morgan fingerprint density at radius 3 is 2.58 bits per heavy atom. The van der Waals surface area contributed by atoms with Crippen molar-refractivity contribution in [3.8, 4) is 0 Å². The Labute approximate surface area is 265 Å². The molecule has 0 atom stereocenters. The van der Waals surface area contributed by atoms with Gasteiger partial charge in [0.1, 0.15) is 11.7 Å². The van der Waals surface area contributed by atoms with Crippen LogP contribution in [0.1, 0.15) is 38.1 Å². The number of aryl methyl sites for hydroxylation is 2. The number of thioether (sulfide) groups is 1. The van der Waals surface area contributed by atoms with Gasteiger partial charge in [-0.05, 0) is 74.6 Å². The van der Waals surface area contributed by atoms with Crippen LogP contribution in [-0.2, 0) is 13.5 Å². The summed E-state index contributed by atoms with van der Waals surface area (Å²) in [4.78, 5) is 6.13. The maximum absolute atomic E-state index is 3.80. The minimum atomic E-state index is 0.801. The molecule has 1 aliphatic carbocycles. The number of anilines is 1. The van der Waals surface area contributed by atoms with Gasteiger partial charge >= 0.3 is 0 Å². The van der Waals surface area contributed by atoms with E-state index in [4.69, 9.17) is 0 Å². The highest BCUT2D eigenvalue weighted by molar-refractivity contribution is 8.03. The summed E-state index contributed by atoms with van der Waals surface area (Å²) in [6, 6.07) is 17.4. The minimum Gasteiger partial charge on any atom is -0.338 e. The average molecular weight is 605 g/mol. The lowest BCUT2D eigenvalue weighted by atomic mass is 10.1. The number of nitrogens with zero attached hydrogens (tertiary/aromatic N) is 3. The Balaban J connectivity index is 1.53. The zero-order valence-corrected chi connectivity index (χ0v) is 27.4. The van der Waals surface area contributed by atoms with E-state index in [1.165, 1.54) is 53.4 Å². The number of aromatic nitrogens is 1. The predicted molar refractivity (Wildman–Crippen MR) is 188 cm³/mol. The summed E-state index contributed by atoms with van der Waals surface area (Å²) in [6.45, 7) is 8.84. The Morgan fingerprint density at radius 1 is 1.00 bits per heavy atom. The van der Waals surface area contributed by atoms with E-state index in [0.29, 0.717) is 0 Å². The molecule has 0 saturated carbocycles. The number of para-hydroxylation sites is 2. The molecule has 0 N–H and O–H groups in total. The van der Waals surface area contributed by atoms with Crippen molar-refractivity contribution in [3.05, 3.63) is 148 Å². The Hall–Kier alpha value is -3.80. The highest BCUT2D eigenvalue weighted by atomic mass is 32.2.